The maximum absolute atomic E-state index is 12.3. The third-order valence-corrected chi connectivity index (χ3v) is 5.01. The minimum atomic E-state index is -3.72. The van der Waals surface area contributed by atoms with E-state index in [1.165, 1.54) is 12.3 Å². The summed E-state index contributed by atoms with van der Waals surface area (Å²) in [7, 11) is -3.72. The molecule has 0 saturated heterocycles. The second-order valence-corrected chi connectivity index (χ2v) is 6.88. The minimum absolute atomic E-state index is 0.0590. The van der Waals surface area contributed by atoms with Crippen LogP contribution in [-0.4, -0.2) is 13.4 Å². The molecular formula is C13H14BrN3O2S. The Morgan fingerprint density at radius 1 is 1.25 bits per heavy atom. The SMILES string of the molecule is Cc1ccc(S(=O)(=O)Nc2cnc(Br)c(C)c2)c(N)c1. The zero-order valence-corrected chi connectivity index (χ0v) is 13.4. The lowest BCUT2D eigenvalue weighted by Gasteiger charge is -2.11. The molecule has 7 heteroatoms. The topological polar surface area (TPSA) is 85.1 Å². The summed E-state index contributed by atoms with van der Waals surface area (Å²) < 4.78 is 27.7. The zero-order chi connectivity index (χ0) is 14.9. The summed E-state index contributed by atoms with van der Waals surface area (Å²) in [6, 6.07) is 6.51. The van der Waals surface area contributed by atoms with Crippen LogP contribution in [0.1, 0.15) is 11.1 Å². The van der Waals surface area contributed by atoms with E-state index in [9.17, 15) is 8.42 Å². The summed E-state index contributed by atoms with van der Waals surface area (Å²) in [5.41, 5.74) is 8.13. The first kappa shape index (κ1) is 14.8. The molecule has 106 valence electrons. The average molecular weight is 356 g/mol. The van der Waals surface area contributed by atoms with Crippen molar-refractivity contribution in [2.45, 2.75) is 18.7 Å². The highest BCUT2D eigenvalue weighted by atomic mass is 79.9. The monoisotopic (exact) mass is 355 g/mol. The van der Waals surface area contributed by atoms with Crippen molar-refractivity contribution in [3.05, 3.63) is 46.2 Å². The number of halogens is 1. The summed E-state index contributed by atoms with van der Waals surface area (Å²) >= 11 is 3.27. The second-order valence-electron chi connectivity index (χ2n) is 4.48. The Bertz CT molecular complexity index is 760. The van der Waals surface area contributed by atoms with Crippen LogP contribution in [0, 0.1) is 13.8 Å². The van der Waals surface area contributed by atoms with Gasteiger partial charge in [-0.2, -0.15) is 0 Å². The Kier molecular flexibility index (Phi) is 4.01. The van der Waals surface area contributed by atoms with Crippen LogP contribution >= 0.6 is 15.9 Å². The Morgan fingerprint density at radius 2 is 1.95 bits per heavy atom. The van der Waals surface area contributed by atoms with E-state index >= 15 is 0 Å². The molecule has 0 saturated carbocycles. The molecule has 0 bridgehead atoms. The summed E-state index contributed by atoms with van der Waals surface area (Å²) in [5.74, 6) is 0. The zero-order valence-electron chi connectivity index (χ0n) is 11.0. The molecule has 0 radical (unpaired) electrons. The van der Waals surface area contributed by atoms with Gasteiger partial charge in [0, 0.05) is 0 Å². The van der Waals surface area contributed by atoms with E-state index in [4.69, 9.17) is 5.73 Å². The molecule has 3 N–H and O–H groups in total. The number of sulfonamides is 1. The molecule has 5 nitrogen and oxygen atoms in total. The van der Waals surface area contributed by atoms with E-state index < -0.39 is 10.0 Å². The molecule has 1 aromatic carbocycles. The number of nitrogens with zero attached hydrogens (tertiary/aromatic N) is 1. The van der Waals surface area contributed by atoms with E-state index in [2.05, 4.69) is 25.6 Å². The van der Waals surface area contributed by atoms with Gasteiger partial charge in [-0.25, -0.2) is 13.4 Å². The van der Waals surface area contributed by atoms with Crippen LogP contribution in [0.25, 0.3) is 0 Å². The summed E-state index contributed by atoms with van der Waals surface area (Å²) in [4.78, 5) is 4.11. The van der Waals surface area contributed by atoms with Crippen LogP contribution in [0.15, 0.2) is 40.0 Å². The first-order valence-corrected chi connectivity index (χ1v) is 8.08. The van der Waals surface area contributed by atoms with E-state index in [1.807, 2.05) is 13.8 Å². The van der Waals surface area contributed by atoms with E-state index in [0.29, 0.717) is 10.3 Å². The molecule has 1 heterocycles. The van der Waals surface area contributed by atoms with Gasteiger partial charge in [0.05, 0.1) is 17.6 Å². The molecule has 20 heavy (non-hydrogen) atoms. The predicted molar refractivity (Wildman–Crippen MR) is 83.1 cm³/mol. The number of rotatable bonds is 3. The van der Waals surface area contributed by atoms with Crippen molar-refractivity contribution in [3.8, 4) is 0 Å². The van der Waals surface area contributed by atoms with Crippen molar-refractivity contribution in [1.29, 1.82) is 0 Å². The highest BCUT2D eigenvalue weighted by Gasteiger charge is 2.17. The first-order valence-electron chi connectivity index (χ1n) is 5.81. The van der Waals surface area contributed by atoms with Crippen LogP contribution in [0.3, 0.4) is 0 Å². The molecular weight excluding hydrogens is 342 g/mol. The van der Waals surface area contributed by atoms with E-state index in [1.54, 1.807) is 18.2 Å². The Morgan fingerprint density at radius 3 is 2.55 bits per heavy atom. The molecule has 0 fully saturated rings. The summed E-state index contributed by atoms with van der Waals surface area (Å²) in [5, 5.41) is 0. The van der Waals surface area contributed by atoms with Gasteiger partial charge in [0.2, 0.25) is 0 Å². The molecule has 2 rings (SSSR count). The van der Waals surface area contributed by atoms with Gasteiger partial charge in [0.25, 0.3) is 10.0 Å². The smallest absolute Gasteiger partial charge is 0.263 e. The van der Waals surface area contributed by atoms with Crippen LogP contribution in [-0.2, 0) is 10.0 Å². The molecule has 0 atom stereocenters. The maximum Gasteiger partial charge on any atom is 0.263 e. The van der Waals surface area contributed by atoms with Gasteiger partial charge < -0.3 is 5.73 Å². The van der Waals surface area contributed by atoms with Gasteiger partial charge in [-0.1, -0.05) is 6.07 Å². The van der Waals surface area contributed by atoms with Crippen LogP contribution in [0.2, 0.25) is 0 Å². The van der Waals surface area contributed by atoms with Gasteiger partial charge in [0.1, 0.15) is 9.50 Å². The number of nitrogens with two attached hydrogens (primary N) is 1. The third-order valence-electron chi connectivity index (χ3n) is 2.72. The number of hydrogen-bond donors (Lipinski definition) is 2. The second kappa shape index (κ2) is 5.41. The first-order chi connectivity index (χ1) is 9.29. The molecule has 0 amide bonds. The lowest BCUT2D eigenvalue weighted by atomic mass is 10.2. The number of benzene rings is 1. The van der Waals surface area contributed by atoms with Crippen molar-refractivity contribution in [3.63, 3.8) is 0 Å². The van der Waals surface area contributed by atoms with Gasteiger partial charge >= 0.3 is 0 Å². The fourth-order valence-electron chi connectivity index (χ4n) is 1.74. The van der Waals surface area contributed by atoms with Crippen LogP contribution in [0.5, 0.6) is 0 Å². The van der Waals surface area contributed by atoms with Crippen molar-refractivity contribution >= 4 is 37.3 Å². The quantitative estimate of drug-likeness (QED) is 0.654. The number of anilines is 2. The maximum atomic E-state index is 12.3. The van der Waals surface area contributed by atoms with Gasteiger partial charge in [0.15, 0.2) is 0 Å². The molecule has 1 aromatic heterocycles. The fraction of sp³-hybridized carbons (Fsp3) is 0.154. The van der Waals surface area contributed by atoms with E-state index in [0.717, 1.165) is 11.1 Å². The van der Waals surface area contributed by atoms with Crippen molar-refractivity contribution < 1.29 is 8.42 Å². The predicted octanol–water partition coefficient (Wildman–Crippen LogP) is 2.84. The Hall–Kier alpha value is -1.60. The van der Waals surface area contributed by atoms with Gasteiger partial charge in [-0.05, 0) is 59.1 Å². The Labute approximate surface area is 126 Å². The minimum Gasteiger partial charge on any atom is -0.398 e. The third kappa shape index (κ3) is 3.10. The normalized spacial score (nSPS) is 11.3. The fourth-order valence-corrected chi connectivity index (χ4v) is 3.10. The average Bonchev–Trinajstić information content (AvgIpc) is 2.33. The highest BCUT2D eigenvalue weighted by Crippen LogP contribution is 2.24. The standard InChI is InChI=1S/C13H14BrN3O2S/c1-8-3-4-12(11(15)5-8)20(18,19)17-10-6-9(2)13(14)16-7-10/h3-7,17H,15H2,1-2H3. The number of pyridine rings is 1. The Balaban J connectivity index is 2.38. The van der Waals surface area contributed by atoms with Gasteiger partial charge in [-0.3, -0.25) is 4.72 Å². The number of aromatic nitrogens is 1. The summed E-state index contributed by atoms with van der Waals surface area (Å²) in [6.45, 7) is 3.68. The van der Waals surface area contributed by atoms with Crippen LogP contribution < -0.4 is 10.5 Å². The largest absolute Gasteiger partial charge is 0.398 e. The molecule has 0 unspecified atom stereocenters. The number of nitrogens with one attached hydrogen (secondary N) is 1. The van der Waals surface area contributed by atoms with Crippen molar-refractivity contribution in [2.24, 2.45) is 0 Å². The molecule has 2 aromatic rings. The number of nitrogen functional groups attached to an aromatic ring is 1. The van der Waals surface area contributed by atoms with Crippen molar-refractivity contribution in [2.75, 3.05) is 10.5 Å². The lowest BCUT2D eigenvalue weighted by molar-refractivity contribution is 0.601. The van der Waals surface area contributed by atoms with Crippen molar-refractivity contribution in [1.82, 2.24) is 4.98 Å². The highest BCUT2D eigenvalue weighted by molar-refractivity contribution is 9.10. The number of aryl methyl sites for hydroxylation is 2. The number of hydrogen-bond acceptors (Lipinski definition) is 4. The summed E-state index contributed by atoms with van der Waals surface area (Å²) in [6.07, 6.45) is 1.44. The molecule has 0 spiro atoms. The molecule has 0 aliphatic carbocycles. The van der Waals surface area contributed by atoms with Crippen LogP contribution in [0.4, 0.5) is 11.4 Å². The van der Waals surface area contributed by atoms with E-state index in [-0.39, 0.29) is 10.6 Å². The van der Waals surface area contributed by atoms with Gasteiger partial charge in [-0.15, -0.1) is 0 Å². The lowest BCUT2D eigenvalue weighted by Crippen LogP contribution is -2.15. The molecule has 0 aliphatic heterocycles. The molecule has 0 aliphatic rings.